The highest BCUT2D eigenvalue weighted by molar-refractivity contribution is 5.71. The Balaban J connectivity index is 1.70. The predicted molar refractivity (Wildman–Crippen MR) is 65.0 cm³/mol. The van der Waals surface area contributed by atoms with Gasteiger partial charge in [-0.2, -0.15) is 0 Å². The van der Waals surface area contributed by atoms with Crippen LogP contribution in [0.2, 0.25) is 0 Å². The first-order valence-corrected chi connectivity index (χ1v) is 6.66. The highest BCUT2D eigenvalue weighted by atomic mass is 16.1. The number of hydrogen-bond donors (Lipinski definition) is 0. The molecule has 1 nitrogen and oxygen atoms in total. The average Bonchev–Trinajstić information content (AvgIpc) is 2.62. The van der Waals surface area contributed by atoms with Crippen molar-refractivity contribution in [2.45, 2.75) is 46.5 Å². The standard InChI is InChI=1S/C15H22O/c1-10(9-16)5-4-6-14(2)11-7-12-13(8-11)15(12,14)3/h5,9,11-13H,4,6-8H2,1-3H3/b10-5-. The van der Waals surface area contributed by atoms with Crippen LogP contribution in [0.25, 0.3) is 0 Å². The van der Waals surface area contributed by atoms with E-state index in [0.29, 0.717) is 10.8 Å². The average molecular weight is 218 g/mol. The molecule has 0 amide bonds. The van der Waals surface area contributed by atoms with E-state index in [1.54, 1.807) is 0 Å². The van der Waals surface area contributed by atoms with Crippen molar-refractivity contribution < 1.29 is 4.79 Å². The summed E-state index contributed by atoms with van der Waals surface area (Å²) in [4.78, 5) is 10.6. The number of allylic oxidation sites excluding steroid dienone is 2. The van der Waals surface area contributed by atoms with Crippen LogP contribution in [0.5, 0.6) is 0 Å². The molecule has 0 N–H and O–H groups in total. The maximum Gasteiger partial charge on any atom is 0.145 e. The third-order valence-corrected chi connectivity index (χ3v) is 6.44. The molecule has 4 aliphatic rings. The smallest absolute Gasteiger partial charge is 0.145 e. The van der Waals surface area contributed by atoms with Crippen molar-refractivity contribution in [2.75, 3.05) is 0 Å². The lowest BCUT2D eigenvalue weighted by Gasteiger charge is -2.34. The highest BCUT2D eigenvalue weighted by Crippen LogP contribution is 2.87. The molecule has 0 spiro atoms. The Labute approximate surface area is 98.3 Å². The number of rotatable bonds is 4. The maximum atomic E-state index is 10.6. The summed E-state index contributed by atoms with van der Waals surface area (Å²) < 4.78 is 0. The van der Waals surface area contributed by atoms with E-state index in [1.165, 1.54) is 19.3 Å². The SMILES string of the molecule is C/C(C=O)=C/CCC1(C)C2CC3C(C2)C31C. The molecule has 4 aliphatic carbocycles. The zero-order valence-electron chi connectivity index (χ0n) is 10.6. The zero-order chi connectivity index (χ0) is 11.6. The van der Waals surface area contributed by atoms with Crippen LogP contribution < -0.4 is 0 Å². The van der Waals surface area contributed by atoms with Gasteiger partial charge in [0.25, 0.3) is 0 Å². The van der Waals surface area contributed by atoms with E-state index in [1.807, 2.05) is 6.92 Å². The van der Waals surface area contributed by atoms with Gasteiger partial charge in [0.05, 0.1) is 0 Å². The molecular formula is C15H22O. The molecule has 3 unspecified atom stereocenters. The molecule has 0 saturated heterocycles. The van der Waals surface area contributed by atoms with Crippen LogP contribution >= 0.6 is 0 Å². The molecule has 4 rings (SSSR count). The fraction of sp³-hybridized carbons (Fsp3) is 0.800. The summed E-state index contributed by atoms with van der Waals surface area (Å²) in [5, 5.41) is 0. The Morgan fingerprint density at radius 2 is 1.94 bits per heavy atom. The van der Waals surface area contributed by atoms with Gasteiger partial charge in [0.1, 0.15) is 6.29 Å². The largest absolute Gasteiger partial charge is 0.298 e. The molecule has 0 radical (unpaired) electrons. The van der Waals surface area contributed by atoms with Crippen molar-refractivity contribution in [3.8, 4) is 0 Å². The van der Waals surface area contributed by atoms with Crippen molar-refractivity contribution in [2.24, 2.45) is 28.6 Å². The van der Waals surface area contributed by atoms with Crippen molar-refractivity contribution in [1.29, 1.82) is 0 Å². The van der Waals surface area contributed by atoms with Crippen molar-refractivity contribution in [3.05, 3.63) is 11.6 Å². The Hall–Kier alpha value is -0.590. The number of aldehydes is 1. The summed E-state index contributed by atoms with van der Waals surface area (Å²) in [6.45, 7) is 6.94. The van der Waals surface area contributed by atoms with Gasteiger partial charge in [-0.05, 0) is 66.8 Å². The molecule has 4 fully saturated rings. The van der Waals surface area contributed by atoms with Gasteiger partial charge in [-0.3, -0.25) is 4.79 Å². The summed E-state index contributed by atoms with van der Waals surface area (Å²) in [6.07, 6.45) is 8.45. The number of carbonyl (C=O) groups excluding carboxylic acids is 1. The van der Waals surface area contributed by atoms with Gasteiger partial charge in [0.15, 0.2) is 0 Å². The quantitative estimate of drug-likeness (QED) is 0.520. The normalized spacial score (nSPS) is 53.2. The van der Waals surface area contributed by atoms with E-state index >= 15 is 0 Å². The fourth-order valence-corrected chi connectivity index (χ4v) is 5.15. The topological polar surface area (TPSA) is 17.1 Å². The molecule has 1 heteroatoms. The van der Waals surface area contributed by atoms with E-state index in [-0.39, 0.29) is 0 Å². The minimum atomic E-state index is 0.571. The van der Waals surface area contributed by atoms with Crippen LogP contribution in [0.4, 0.5) is 0 Å². The van der Waals surface area contributed by atoms with E-state index in [2.05, 4.69) is 19.9 Å². The van der Waals surface area contributed by atoms with Gasteiger partial charge in [0.2, 0.25) is 0 Å². The van der Waals surface area contributed by atoms with E-state index in [0.717, 1.165) is 36.0 Å². The summed E-state index contributed by atoms with van der Waals surface area (Å²) in [6, 6.07) is 0. The van der Waals surface area contributed by atoms with Gasteiger partial charge in [-0.1, -0.05) is 19.9 Å². The number of carbonyl (C=O) groups is 1. The second-order valence-electron chi connectivity index (χ2n) is 6.69. The molecule has 3 atom stereocenters. The fourth-order valence-electron chi connectivity index (χ4n) is 5.15. The zero-order valence-corrected chi connectivity index (χ0v) is 10.6. The maximum absolute atomic E-state index is 10.6. The first-order chi connectivity index (χ1) is 7.54. The Kier molecular flexibility index (Phi) is 1.98. The monoisotopic (exact) mass is 218 g/mol. The summed E-state index contributed by atoms with van der Waals surface area (Å²) in [5.74, 6) is 3.09. The van der Waals surface area contributed by atoms with Crippen LogP contribution in [0.3, 0.4) is 0 Å². The minimum absolute atomic E-state index is 0.571. The van der Waals surface area contributed by atoms with E-state index in [9.17, 15) is 4.79 Å². The van der Waals surface area contributed by atoms with Crippen LogP contribution in [0.1, 0.15) is 46.5 Å². The van der Waals surface area contributed by atoms with E-state index in [4.69, 9.17) is 0 Å². The first-order valence-electron chi connectivity index (χ1n) is 6.66. The predicted octanol–water partition coefficient (Wildman–Crippen LogP) is 3.59. The van der Waals surface area contributed by atoms with Gasteiger partial charge in [-0.15, -0.1) is 0 Å². The van der Waals surface area contributed by atoms with Gasteiger partial charge in [-0.25, -0.2) is 0 Å². The van der Waals surface area contributed by atoms with Crippen LogP contribution in [-0.2, 0) is 4.79 Å². The van der Waals surface area contributed by atoms with Crippen molar-refractivity contribution in [1.82, 2.24) is 0 Å². The third-order valence-electron chi connectivity index (χ3n) is 6.44. The summed E-state index contributed by atoms with van der Waals surface area (Å²) >= 11 is 0. The molecule has 0 aromatic heterocycles. The lowest BCUT2D eigenvalue weighted by molar-refractivity contribution is -0.104. The van der Waals surface area contributed by atoms with Gasteiger partial charge >= 0.3 is 0 Å². The van der Waals surface area contributed by atoms with Crippen molar-refractivity contribution in [3.63, 3.8) is 0 Å². The molecule has 0 aliphatic heterocycles. The molecule has 16 heavy (non-hydrogen) atoms. The highest BCUT2D eigenvalue weighted by Gasteiger charge is 2.80. The second kappa shape index (κ2) is 3.00. The Morgan fingerprint density at radius 1 is 1.31 bits per heavy atom. The summed E-state index contributed by atoms with van der Waals surface area (Å²) in [7, 11) is 0. The van der Waals surface area contributed by atoms with Gasteiger partial charge in [0, 0.05) is 0 Å². The summed E-state index contributed by atoms with van der Waals surface area (Å²) in [5.41, 5.74) is 2.13. The number of hydrogen-bond acceptors (Lipinski definition) is 1. The molecule has 0 aromatic rings. The van der Waals surface area contributed by atoms with Crippen LogP contribution in [0.15, 0.2) is 11.6 Å². The lowest BCUT2D eigenvalue weighted by atomic mass is 9.71. The van der Waals surface area contributed by atoms with Crippen LogP contribution in [0, 0.1) is 28.6 Å². The van der Waals surface area contributed by atoms with Gasteiger partial charge < -0.3 is 0 Å². The van der Waals surface area contributed by atoms with Crippen LogP contribution in [-0.4, -0.2) is 6.29 Å². The van der Waals surface area contributed by atoms with Crippen molar-refractivity contribution >= 4 is 6.29 Å². The lowest BCUT2D eigenvalue weighted by Crippen LogP contribution is -2.26. The first kappa shape index (κ1) is 10.6. The molecule has 4 bridgehead atoms. The Morgan fingerprint density at radius 3 is 2.38 bits per heavy atom. The second-order valence-corrected chi connectivity index (χ2v) is 6.69. The van der Waals surface area contributed by atoms with E-state index < -0.39 is 0 Å². The Bertz CT molecular complexity index is 356. The molecule has 4 saturated carbocycles. The third kappa shape index (κ3) is 1.00. The molecule has 0 aromatic carbocycles. The molecule has 88 valence electrons. The molecule has 0 heterocycles. The minimum Gasteiger partial charge on any atom is -0.298 e. The molecular weight excluding hydrogens is 196 g/mol.